The molecule has 1 aromatic heterocycles. The zero-order valence-electron chi connectivity index (χ0n) is 11.4. The number of hydrogen-bond acceptors (Lipinski definition) is 3. The van der Waals surface area contributed by atoms with E-state index in [1.54, 1.807) is 6.07 Å². The molecule has 1 unspecified atom stereocenters. The van der Waals surface area contributed by atoms with Crippen molar-refractivity contribution >= 4 is 0 Å². The number of benzene rings is 1. The molecule has 0 spiro atoms. The molecule has 0 bridgehead atoms. The van der Waals surface area contributed by atoms with Crippen molar-refractivity contribution in [3.8, 4) is 5.75 Å². The highest BCUT2D eigenvalue weighted by Crippen LogP contribution is 2.24. The third-order valence-corrected chi connectivity index (χ3v) is 3.21. The number of aromatic nitrogens is 1. The Morgan fingerprint density at radius 3 is 2.84 bits per heavy atom. The van der Waals surface area contributed by atoms with E-state index >= 15 is 0 Å². The van der Waals surface area contributed by atoms with Crippen LogP contribution in [0, 0.1) is 6.92 Å². The van der Waals surface area contributed by atoms with Crippen molar-refractivity contribution in [2.45, 2.75) is 26.3 Å². The zero-order chi connectivity index (χ0) is 13.7. The summed E-state index contributed by atoms with van der Waals surface area (Å²) in [7, 11) is 0. The van der Waals surface area contributed by atoms with Crippen LogP contribution in [0.25, 0.3) is 0 Å². The summed E-state index contributed by atoms with van der Waals surface area (Å²) in [4.78, 5) is 4.29. The van der Waals surface area contributed by atoms with Crippen molar-refractivity contribution in [1.29, 1.82) is 0 Å². The lowest BCUT2D eigenvalue weighted by Gasteiger charge is -2.16. The summed E-state index contributed by atoms with van der Waals surface area (Å²) in [5.74, 6) is 0.350. The second-order valence-electron chi connectivity index (χ2n) is 4.81. The molecule has 1 heterocycles. The Labute approximate surface area is 114 Å². The zero-order valence-corrected chi connectivity index (χ0v) is 11.4. The minimum Gasteiger partial charge on any atom is -0.508 e. The van der Waals surface area contributed by atoms with Crippen LogP contribution in [0.4, 0.5) is 0 Å². The van der Waals surface area contributed by atoms with Crippen LogP contribution in [0.2, 0.25) is 0 Å². The van der Waals surface area contributed by atoms with E-state index in [-0.39, 0.29) is 6.04 Å². The molecule has 19 heavy (non-hydrogen) atoms. The van der Waals surface area contributed by atoms with E-state index in [1.807, 2.05) is 43.5 Å². The molecule has 0 radical (unpaired) electrons. The Morgan fingerprint density at radius 2 is 2.11 bits per heavy atom. The van der Waals surface area contributed by atoms with E-state index in [0.717, 1.165) is 29.8 Å². The molecule has 2 aromatic rings. The number of phenolic OH excluding ortho intramolecular Hbond substituents is 1. The van der Waals surface area contributed by atoms with E-state index in [4.69, 9.17) is 0 Å². The van der Waals surface area contributed by atoms with Gasteiger partial charge in [0.1, 0.15) is 5.75 Å². The van der Waals surface area contributed by atoms with Gasteiger partial charge in [0.25, 0.3) is 0 Å². The first-order chi connectivity index (χ1) is 9.16. The molecule has 2 rings (SSSR count). The third kappa shape index (κ3) is 3.80. The summed E-state index contributed by atoms with van der Waals surface area (Å²) in [6.07, 6.45) is 2.70. The lowest BCUT2D eigenvalue weighted by molar-refractivity contribution is 0.452. The van der Waals surface area contributed by atoms with Crippen LogP contribution in [0.3, 0.4) is 0 Å². The second-order valence-corrected chi connectivity index (χ2v) is 4.81. The quantitative estimate of drug-likeness (QED) is 0.864. The maximum Gasteiger partial charge on any atom is 0.120 e. The minimum absolute atomic E-state index is 0.128. The Hall–Kier alpha value is -1.87. The van der Waals surface area contributed by atoms with Gasteiger partial charge in [0, 0.05) is 36.5 Å². The Morgan fingerprint density at radius 1 is 1.26 bits per heavy atom. The fraction of sp³-hybridized carbons (Fsp3) is 0.312. The molecule has 0 aliphatic heterocycles. The third-order valence-electron chi connectivity index (χ3n) is 3.21. The van der Waals surface area contributed by atoms with Crippen molar-refractivity contribution in [3.05, 3.63) is 59.4 Å². The van der Waals surface area contributed by atoms with Gasteiger partial charge in [0.05, 0.1) is 0 Å². The molecule has 0 amide bonds. The molecule has 100 valence electrons. The lowest BCUT2D eigenvalue weighted by atomic mass is 10.0. The maximum atomic E-state index is 9.87. The predicted octanol–water partition coefficient (Wildman–Crippen LogP) is 2.99. The highest BCUT2D eigenvalue weighted by molar-refractivity contribution is 5.37. The largest absolute Gasteiger partial charge is 0.508 e. The predicted molar refractivity (Wildman–Crippen MR) is 77.2 cm³/mol. The van der Waals surface area contributed by atoms with Gasteiger partial charge in [0.2, 0.25) is 0 Å². The summed E-state index contributed by atoms with van der Waals surface area (Å²) in [6.45, 7) is 4.93. The van der Waals surface area contributed by atoms with Crippen molar-refractivity contribution in [2.75, 3.05) is 6.54 Å². The number of aryl methyl sites for hydroxylation is 1. The fourth-order valence-corrected chi connectivity index (χ4v) is 2.09. The van der Waals surface area contributed by atoms with Gasteiger partial charge in [0.15, 0.2) is 0 Å². The van der Waals surface area contributed by atoms with Gasteiger partial charge >= 0.3 is 0 Å². The highest BCUT2D eigenvalue weighted by Gasteiger charge is 2.09. The molecule has 2 N–H and O–H groups in total. The van der Waals surface area contributed by atoms with Crippen LogP contribution in [0.15, 0.2) is 42.6 Å². The van der Waals surface area contributed by atoms with E-state index in [9.17, 15) is 5.11 Å². The van der Waals surface area contributed by atoms with Crippen molar-refractivity contribution in [2.24, 2.45) is 0 Å². The summed E-state index contributed by atoms with van der Waals surface area (Å²) < 4.78 is 0. The maximum absolute atomic E-state index is 9.87. The molecule has 3 nitrogen and oxygen atoms in total. The van der Waals surface area contributed by atoms with Crippen LogP contribution in [-0.4, -0.2) is 16.6 Å². The first-order valence-electron chi connectivity index (χ1n) is 6.59. The van der Waals surface area contributed by atoms with Gasteiger partial charge in [-0.15, -0.1) is 0 Å². The van der Waals surface area contributed by atoms with Gasteiger partial charge in [-0.2, -0.15) is 0 Å². The van der Waals surface area contributed by atoms with Crippen LogP contribution in [0.5, 0.6) is 5.75 Å². The summed E-state index contributed by atoms with van der Waals surface area (Å²) in [5.41, 5.74) is 3.18. The van der Waals surface area contributed by atoms with E-state index in [0.29, 0.717) is 5.75 Å². The molecular formula is C16H20N2O. The molecular weight excluding hydrogens is 236 g/mol. The molecule has 1 atom stereocenters. The number of aromatic hydroxyl groups is 1. The molecule has 0 saturated carbocycles. The number of hydrogen-bond donors (Lipinski definition) is 2. The number of phenols is 1. The fourth-order valence-electron chi connectivity index (χ4n) is 2.09. The Bertz CT molecular complexity index is 526. The van der Waals surface area contributed by atoms with Crippen LogP contribution in [0.1, 0.15) is 29.8 Å². The second kappa shape index (κ2) is 6.34. The molecule has 0 saturated heterocycles. The topological polar surface area (TPSA) is 45.1 Å². The standard InChI is InChI=1S/C16H20N2O/c1-12-6-7-16(19)15(11-12)13(2)17-10-8-14-5-3-4-9-18-14/h3-7,9,11,13,17,19H,8,10H2,1-2H3. The van der Waals surface area contributed by atoms with Crippen molar-refractivity contribution in [1.82, 2.24) is 10.3 Å². The van der Waals surface area contributed by atoms with E-state index in [2.05, 4.69) is 17.2 Å². The van der Waals surface area contributed by atoms with Gasteiger partial charge in [-0.05, 0) is 32.0 Å². The van der Waals surface area contributed by atoms with Gasteiger partial charge in [-0.25, -0.2) is 0 Å². The SMILES string of the molecule is Cc1ccc(O)c(C(C)NCCc2ccccn2)c1. The summed E-state index contributed by atoms with van der Waals surface area (Å²) >= 11 is 0. The normalized spacial score (nSPS) is 12.3. The van der Waals surface area contributed by atoms with E-state index in [1.165, 1.54) is 0 Å². The Balaban J connectivity index is 1.91. The first-order valence-corrected chi connectivity index (χ1v) is 6.59. The number of pyridine rings is 1. The molecule has 0 aliphatic rings. The van der Waals surface area contributed by atoms with Crippen LogP contribution >= 0.6 is 0 Å². The number of nitrogens with zero attached hydrogens (tertiary/aromatic N) is 1. The Kier molecular flexibility index (Phi) is 4.53. The lowest BCUT2D eigenvalue weighted by Crippen LogP contribution is -2.21. The van der Waals surface area contributed by atoms with Gasteiger partial charge in [-0.3, -0.25) is 4.98 Å². The number of nitrogens with one attached hydrogen (secondary N) is 1. The average Bonchev–Trinajstić information content (AvgIpc) is 2.42. The van der Waals surface area contributed by atoms with E-state index < -0.39 is 0 Å². The molecule has 0 aliphatic carbocycles. The number of rotatable bonds is 5. The highest BCUT2D eigenvalue weighted by atomic mass is 16.3. The summed E-state index contributed by atoms with van der Waals surface area (Å²) in [5, 5.41) is 13.3. The molecule has 0 fully saturated rings. The van der Waals surface area contributed by atoms with Crippen molar-refractivity contribution < 1.29 is 5.11 Å². The van der Waals surface area contributed by atoms with Crippen LogP contribution in [-0.2, 0) is 6.42 Å². The van der Waals surface area contributed by atoms with Crippen molar-refractivity contribution in [3.63, 3.8) is 0 Å². The first kappa shape index (κ1) is 13.6. The monoisotopic (exact) mass is 256 g/mol. The summed E-state index contributed by atoms with van der Waals surface area (Å²) in [6, 6.07) is 11.8. The molecule has 3 heteroatoms. The minimum atomic E-state index is 0.128. The van der Waals surface area contributed by atoms with Gasteiger partial charge in [-0.1, -0.05) is 23.8 Å². The molecule has 1 aromatic carbocycles. The smallest absolute Gasteiger partial charge is 0.120 e. The van der Waals surface area contributed by atoms with Gasteiger partial charge < -0.3 is 10.4 Å². The van der Waals surface area contributed by atoms with Crippen LogP contribution < -0.4 is 5.32 Å². The average molecular weight is 256 g/mol.